The van der Waals surface area contributed by atoms with E-state index < -0.39 is 0 Å². The molecule has 0 fully saturated rings. The van der Waals surface area contributed by atoms with E-state index in [1.165, 1.54) is 0 Å². The van der Waals surface area contributed by atoms with Crippen molar-refractivity contribution < 1.29 is 4.74 Å². The molecule has 106 valence electrons. The monoisotopic (exact) mass is 338 g/mol. The number of aromatic amines is 2. The molecule has 3 rings (SSSR count). The lowest BCUT2D eigenvalue weighted by Gasteiger charge is -2.34. The molecular formula is C13H15BrN4O2. The number of anilines is 1. The summed E-state index contributed by atoms with van der Waals surface area (Å²) in [6.07, 6.45) is 0.0914. The van der Waals surface area contributed by atoms with Gasteiger partial charge in [0.1, 0.15) is 17.7 Å². The third-order valence-electron chi connectivity index (χ3n) is 3.28. The maximum atomic E-state index is 11.1. The SMILES string of the molecule is Cc1cc2c(cc1Br)N(Cc1n[nH]c(=O)[nH]1)C[C@H](C)O2. The van der Waals surface area contributed by atoms with E-state index in [-0.39, 0.29) is 11.8 Å². The van der Waals surface area contributed by atoms with Gasteiger partial charge in [0.05, 0.1) is 18.8 Å². The number of benzene rings is 1. The van der Waals surface area contributed by atoms with Crippen LogP contribution in [0.4, 0.5) is 5.69 Å². The Labute approximate surface area is 124 Å². The third-order valence-corrected chi connectivity index (χ3v) is 4.13. The molecule has 2 aromatic rings. The van der Waals surface area contributed by atoms with Crippen LogP contribution < -0.4 is 15.3 Å². The summed E-state index contributed by atoms with van der Waals surface area (Å²) in [7, 11) is 0. The Morgan fingerprint density at radius 3 is 3.05 bits per heavy atom. The Bertz CT molecular complexity index is 694. The third kappa shape index (κ3) is 2.45. The first-order valence-electron chi connectivity index (χ1n) is 6.38. The minimum atomic E-state index is -0.286. The van der Waals surface area contributed by atoms with Crippen LogP contribution in [-0.2, 0) is 6.54 Å². The van der Waals surface area contributed by atoms with E-state index in [4.69, 9.17) is 4.74 Å². The van der Waals surface area contributed by atoms with Gasteiger partial charge >= 0.3 is 5.69 Å². The van der Waals surface area contributed by atoms with Gasteiger partial charge in [0, 0.05) is 4.47 Å². The van der Waals surface area contributed by atoms with Gasteiger partial charge in [-0.05, 0) is 31.5 Å². The minimum Gasteiger partial charge on any atom is -0.487 e. The molecular weight excluding hydrogens is 324 g/mol. The molecule has 1 aliphatic rings. The number of ether oxygens (including phenoxy) is 1. The fraction of sp³-hybridized carbons (Fsp3) is 0.385. The lowest BCUT2D eigenvalue weighted by atomic mass is 10.1. The molecule has 0 saturated heterocycles. The van der Waals surface area contributed by atoms with Gasteiger partial charge in [-0.25, -0.2) is 9.89 Å². The molecule has 2 N–H and O–H groups in total. The van der Waals surface area contributed by atoms with Crippen LogP contribution >= 0.6 is 15.9 Å². The molecule has 0 unspecified atom stereocenters. The molecule has 0 amide bonds. The molecule has 6 nitrogen and oxygen atoms in total. The van der Waals surface area contributed by atoms with Crippen molar-refractivity contribution >= 4 is 21.6 Å². The van der Waals surface area contributed by atoms with Crippen LogP contribution in [0.1, 0.15) is 18.3 Å². The van der Waals surface area contributed by atoms with Gasteiger partial charge in [-0.2, -0.15) is 5.10 Å². The first-order chi connectivity index (χ1) is 9.52. The van der Waals surface area contributed by atoms with Crippen LogP contribution in [0, 0.1) is 6.92 Å². The maximum Gasteiger partial charge on any atom is 0.340 e. The lowest BCUT2D eigenvalue weighted by Crippen LogP contribution is -2.38. The average molecular weight is 339 g/mol. The topological polar surface area (TPSA) is 74.0 Å². The molecule has 0 radical (unpaired) electrons. The van der Waals surface area contributed by atoms with E-state index in [2.05, 4.69) is 36.0 Å². The first kappa shape index (κ1) is 13.2. The molecule has 0 aliphatic carbocycles. The van der Waals surface area contributed by atoms with Gasteiger partial charge in [0.25, 0.3) is 0 Å². The normalized spacial score (nSPS) is 17.8. The predicted molar refractivity (Wildman–Crippen MR) is 79.2 cm³/mol. The van der Waals surface area contributed by atoms with Gasteiger partial charge in [-0.1, -0.05) is 15.9 Å². The number of H-pyrrole nitrogens is 2. The van der Waals surface area contributed by atoms with Crippen molar-refractivity contribution in [2.45, 2.75) is 26.5 Å². The van der Waals surface area contributed by atoms with E-state index in [0.717, 1.165) is 28.0 Å². The number of halogens is 1. The van der Waals surface area contributed by atoms with Crippen molar-refractivity contribution in [3.8, 4) is 5.75 Å². The largest absolute Gasteiger partial charge is 0.487 e. The highest BCUT2D eigenvalue weighted by Gasteiger charge is 2.24. The highest BCUT2D eigenvalue weighted by molar-refractivity contribution is 9.10. The summed E-state index contributed by atoms with van der Waals surface area (Å²) in [5.74, 6) is 1.48. The van der Waals surface area contributed by atoms with Gasteiger partial charge in [0.15, 0.2) is 0 Å². The number of hydrogen-bond acceptors (Lipinski definition) is 4. The molecule has 1 aliphatic heterocycles. The summed E-state index contributed by atoms with van der Waals surface area (Å²) in [6, 6.07) is 4.07. The number of fused-ring (bicyclic) bond motifs is 1. The molecule has 0 saturated carbocycles. The Morgan fingerprint density at radius 1 is 1.55 bits per heavy atom. The van der Waals surface area contributed by atoms with Crippen LogP contribution in [0.2, 0.25) is 0 Å². The number of aryl methyl sites for hydroxylation is 1. The van der Waals surface area contributed by atoms with Crippen molar-refractivity contribution in [3.05, 3.63) is 38.5 Å². The molecule has 2 heterocycles. The summed E-state index contributed by atoms with van der Waals surface area (Å²) < 4.78 is 6.92. The van der Waals surface area contributed by atoms with Crippen LogP contribution in [-0.4, -0.2) is 27.8 Å². The first-order valence-corrected chi connectivity index (χ1v) is 7.17. The summed E-state index contributed by atoms with van der Waals surface area (Å²) in [5, 5.41) is 6.35. The smallest absolute Gasteiger partial charge is 0.340 e. The summed E-state index contributed by atoms with van der Waals surface area (Å²) in [4.78, 5) is 15.9. The fourth-order valence-electron chi connectivity index (χ4n) is 2.36. The number of hydrogen-bond donors (Lipinski definition) is 2. The van der Waals surface area contributed by atoms with Crippen LogP contribution in [0.3, 0.4) is 0 Å². The maximum absolute atomic E-state index is 11.1. The lowest BCUT2D eigenvalue weighted by molar-refractivity contribution is 0.211. The molecule has 1 aromatic heterocycles. The number of rotatable bonds is 2. The van der Waals surface area contributed by atoms with Crippen molar-refractivity contribution in [2.75, 3.05) is 11.4 Å². The Balaban J connectivity index is 1.96. The van der Waals surface area contributed by atoms with Crippen LogP contribution in [0.25, 0.3) is 0 Å². The highest BCUT2D eigenvalue weighted by atomic mass is 79.9. The van der Waals surface area contributed by atoms with E-state index >= 15 is 0 Å². The van der Waals surface area contributed by atoms with Crippen molar-refractivity contribution in [1.82, 2.24) is 15.2 Å². The number of nitrogens with one attached hydrogen (secondary N) is 2. The Hall–Kier alpha value is -1.76. The minimum absolute atomic E-state index is 0.0914. The molecule has 20 heavy (non-hydrogen) atoms. The van der Waals surface area contributed by atoms with E-state index in [0.29, 0.717) is 12.4 Å². The standard InChI is InChI=1S/C13H15BrN4O2/c1-7-3-11-10(4-9(7)14)18(5-8(2)20-11)6-12-15-13(19)17-16-12/h3-4,8H,5-6H2,1-2H3,(H2,15,16,17,19)/t8-/m0/s1. The molecule has 7 heteroatoms. The zero-order valence-corrected chi connectivity index (χ0v) is 12.8. The summed E-state index contributed by atoms with van der Waals surface area (Å²) in [5.41, 5.74) is 1.85. The average Bonchev–Trinajstić information content (AvgIpc) is 2.77. The van der Waals surface area contributed by atoms with Gasteiger partial charge in [-0.15, -0.1) is 0 Å². The van der Waals surface area contributed by atoms with Crippen molar-refractivity contribution in [1.29, 1.82) is 0 Å². The van der Waals surface area contributed by atoms with Crippen molar-refractivity contribution in [3.63, 3.8) is 0 Å². The second kappa shape index (κ2) is 4.97. The van der Waals surface area contributed by atoms with E-state index in [1.807, 2.05) is 26.0 Å². The van der Waals surface area contributed by atoms with Gasteiger partial charge < -0.3 is 9.64 Å². The summed E-state index contributed by atoms with van der Waals surface area (Å²) in [6.45, 7) is 5.34. The number of nitrogens with zero attached hydrogens (tertiary/aromatic N) is 2. The highest BCUT2D eigenvalue weighted by Crippen LogP contribution is 2.38. The fourth-order valence-corrected chi connectivity index (χ4v) is 2.69. The zero-order valence-electron chi connectivity index (χ0n) is 11.2. The predicted octanol–water partition coefficient (Wildman–Crippen LogP) is 1.96. The van der Waals surface area contributed by atoms with Gasteiger partial charge in [-0.3, -0.25) is 4.98 Å². The Kier molecular flexibility index (Phi) is 3.29. The van der Waals surface area contributed by atoms with E-state index in [1.54, 1.807) is 0 Å². The summed E-state index contributed by atoms with van der Waals surface area (Å²) >= 11 is 3.54. The van der Waals surface area contributed by atoms with Crippen LogP contribution in [0.15, 0.2) is 21.4 Å². The van der Waals surface area contributed by atoms with Gasteiger partial charge in [0.2, 0.25) is 0 Å². The van der Waals surface area contributed by atoms with Crippen molar-refractivity contribution in [2.24, 2.45) is 0 Å². The second-order valence-corrected chi connectivity index (χ2v) is 5.86. The second-order valence-electron chi connectivity index (χ2n) is 5.00. The zero-order chi connectivity index (χ0) is 14.3. The van der Waals surface area contributed by atoms with E-state index in [9.17, 15) is 4.79 Å². The Morgan fingerprint density at radius 2 is 2.35 bits per heavy atom. The molecule has 0 spiro atoms. The van der Waals surface area contributed by atoms with Crippen LogP contribution in [0.5, 0.6) is 5.75 Å². The number of aromatic nitrogens is 3. The quantitative estimate of drug-likeness (QED) is 0.877. The molecule has 1 aromatic carbocycles. The molecule has 0 bridgehead atoms. The molecule has 1 atom stereocenters.